The number of fused-ring (bicyclic) bond motifs is 14. The number of aromatic nitrogens is 2. The first-order valence-corrected chi connectivity index (χ1v) is 18.1. The zero-order valence-corrected chi connectivity index (χ0v) is 28.4. The molecule has 0 amide bonds. The van der Waals surface area contributed by atoms with Gasteiger partial charge in [0.2, 0.25) is 0 Å². The molecule has 1 aromatic heterocycles. The molecule has 0 bridgehead atoms. The summed E-state index contributed by atoms with van der Waals surface area (Å²) in [4.78, 5) is 5.10. The Bertz CT molecular complexity index is 2830. The predicted octanol–water partition coefficient (Wildman–Crippen LogP) is 12.4. The van der Waals surface area contributed by atoms with Gasteiger partial charge in [-0.05, 0) is 114 Å². The molecule has 2 aliphatic carbocycles. The van der Waals surface area contributed by atoms with Gasteiger partial charge in [-0.3, -0.25) is 0 Å². The summed E-state index contributed by atoms with van der Waals surface area (Å²) in [6.07, 6.45) is 1.05. The van der Waals surface area contributed by atoms with Gasteiger partial charge in [0, 0.05) is 12.1 Å². The van der Waals surface area contributed by atoms with Gasteiger partial charge in [0.1, 0.15) is 5.82 Å². The molecule has 2 heteroatoms. The molecular formula is C49H34N2. The Labute approximate surface area is 297 Å². The predicted molar refractivity (Wildman–Crippen MR) is 212 cm³/mol. The lowest BCUT2D eigenvalue weighted by molar-refractivity contribution is 0.704. The maximum Gasteiger partial charge on any atom is 0.141 e. The van der Waals surface area contributed by atoms with Crippen LogP contribution in [0.5, 0.6) is 0 Å². The lowest BCUT2D eigenvalue weighted by Gasteiger charge is -2.31. The quantitative estimate of drug-likeness (QED) is 0.185. The molecule has 11 rings (SSSR count). The van der Waals surface area contributed by atoms with Crippen molar-refractivity contribution in [2.24, 2.45) is 0 Å². The highest BCUT2D eigenvalue weighted by Gasteiger charge is 2.52. The SMILES string of the molecule is CCCn1c(-c2ccc(-c3cc4c(c5ccccc35)-c3cc5ccccc5cc3C43c4ccccc4-c4ccccc43)cc2)nc2ccccc21. The molecule has 8 aromatic carbocycles. The van der Waals surface area contributed by atoms with Crippen molar-refractivity contribution in [3.63, 3.8) is 0 Å². The van der Waals surface area contributed by atoms with E-state index in [1.165, 1.54) is 82.7 Å². The van der Waals surface area contributed by atoms with Crippen LogP contribution < -0.4 is 0 Å². The van der Waals surface area contributed by atoms with Gasteiger partial charge >= 0.3 is 0 Å². The lowest BCUT2D eigenvalue weighted by Crippen LogP contribution is -2.26. The molecule has 2 nitrogen and oxygen atoms in total. The van der Waals surface area contributed by atoms with Crippen LogP contribution >= 0.6 is 0 Å². The number of benzene rings is 8. The Kier molecular flexibility index (Phi) is 5.95. The third kappa shape index (κ3) is 3.80. The molecule has 51 heavy (non-hydrogen) atoms. The molecule has 0 atom stereocenters. The third-order valence-electron chi connectivity index (χ3n) is 11.5. The number of rotatable bonds is 4. The molecule has 9 aromatic rings. The van der Waals surface area contributed by atoms with Gasteiger partial charge in [-0.2, -0.15) is 0 Å². The Morgan fingerprint density at radius 2 is 1.10 bits per heavy atom. The fourth-order valence-corrected chi connectivity index (χ4v) is 9.46. The molecule has 240 valence electrons. The summed E-state index contributed by atoms with van der Waals surface area (Å²) < 4.78 is 2.37. The van der Waals surface area contributed by atoms with E-state index in [0.29, 0.717) is 0 Å². The monoisotopic (exact) mass is 650 g/mol. The minimum Gasteiger partial charge on any atom is -0.324 e. The summed E-state index contributed by atoms with van der Waals surface area (Å²) in [5.74, 6) is 1.03. The van der Waals surface area contributed by atoms with Gasteiger partial charge < -0.3 is 4.57 Å². The highest BCUT2D eigenvalue weighted by Crippen LogP contribution is 2.64. The molecule has 1 heterocycles. The van der Waals surface area contributed by atoms with Gasteiger partial charge in [-0.1, -0.05) is 140 Å². The van der Waals surface area contributed by atoms with E-state index in [0.717, 1.165) is 29.9 Å². The van der Waals surface area contributed by atoms with Crippen molar-refractivity contribution in [1.82, 2.24) is 9.55 Å². The smallest absolute Gasteiger partial charge is 0.141 e. The fourth-order valence-electron chi connectivity index (χ4n) is 9.46. The second-order valence-corrected chi connectivity index (χ2v) is 14.1. The van der Waals surface area contributed by atoms with Crippen molar-refractivity contribution < 1.29 is 0 Å². The number of hydrogen-bond acceptors (Lipinski definition) is 1. The fraction of sp³-hybridized carbons (Fsp3) is 0.0816. The molecule has 0 radical (unpaired) electrons. The first-order valence-electron chi connectivity index (χ1n) is 18.1. The van der Waals surface area contributed by atoms with Gasteiger partial charge in [-0.25, -0.2) is 4.98 Å². The molecule has 0 saturated heterocycles. The highest BCUT2D eigenvalue weighted by molar-refractivity contribution is 6.12. The molecular weight excluding hydrogens is 617 g/mol. The van der Waals surface area contributed by atoms with Gasteiger partial charge in [-0.15, -0.1) is 0 Å². The standard InChI is InChI=1S/C49H34N2/c1-2-27-51-46-22-12-11-21-45(46)50-48(51)32-25-23-31(24-26-32)39-30-44-47(38-18-6-5-15-35(38)39)40-28-33-13-3-4-14-34(33)29-43(40)49(44)41-19-9-7-16-36(41)37-17-8-10-20-42(37)49/h3-26,28-30H,2,27H2,1H3. The molecule has 2 aliphatic rings. The number of nitrogens with zero attached hydrogens (tertiary/aromatic N) is 2. The van der Waals surface area contributed by atoms with Crippen molar-refractivity contribution in [1.29, 1.82) is 0 Å². The average Bonchev–Trinajstić information content (AvgIpc) is 3.81. The van der Waals surface area contributed by atoms with E-state index in [2.05, 4.69) is 175 Å². The van der Waals surface area contributed by atoms with E-state index >= 15 is 0 Å². The summed E-state index contributed by atoms with van der Waals surface area (Å²) >= 11 is 0. The molecule has 0 unspecified atom stereocenters. The summed E-state index contributed by atoms with van der Waals surface area (Å²) in [6.45, 7) is 3.17. The van der Waals surface area contributed by atoms with Crippen LogP contribution in [0.25, 0.3) is 77.3 Å². The molecule has 0 fully saturated rings. The normalized spacial score (nSPS) is 13.5. The highest BCUT2D eigenvalue weighted by atomic mass is 15.1. The van der Waals surface area contributed by atoms with Crippen molar-refractivity contribution in [3.05, 3.63) is 186 Å². The minimum absolute atomic E-state index is 0.425. The van der Waals surface area contributed by atoms with Crippen molar-refractivity contribution in [2.45, 2.75) is 25.3 Å². The Morgan fingerprint density at radius 1 is 0.490 bits per heavy atom. The van der Waals surface area contributed by atoms with Gasteiger partial charge in [0.25, 0.3) is 0 Å². The van der Waals surface area contributed by atoms with Crippen molar-refractivity contribution in [3.8, 4) is 44.8 Å². The summed E-state index contributed by atoms with van der Waals surface area (Å²) in [5, 5.41) is 5.13. The molecule has 1 spiro atoms. The zero-order chi connectivity index (χ0) is 33.7. The summed E-state index contributed by atoms with van der Waals surface area (Å²) in [7, 11) is 0. The van der Waals surface area contributed by atoms with Crippen LogP contribution in [-0.2, 0) is 12.0 Å². The van der Waals surface area contributed by atoms with Crippen LogP contribution in [0, 0.1) is 0 Å². The molecule has 0 aliphatic heterocycles. The van der Waals surface area contributed by atoms with Crippen molar-refractivity contribution >= 4 is 32.6 Å². The van der Waals surface area contributed by atoms with E-state index in [4.69, 9.17) is 4.98 Å². The van der Waals surface area contributed by atoms with E-state index in [-0.39, 0.29) is 0 Å². The van der Waals surface area contributed by atoms with E-state index in [1.54, 1.807) is 0 Å². The second-order valence-electron chi connectivity index (χ2n) is 14.1. The van der Waals surface area contributed by atoms with Crippen LogP contribution in [0.2, 0.25) is 0 Å². The van der Waals surface area contributed by atoms with Crippen LogP contribution in [-0.4, -0.2) is 9.55 Å². The summed E-state index contributed by atoms with van der Waals surface area (Å²) in [6, 6.07) is 61.1. The minimum atomic E-state index is -0.425. The lowest BCUT2D eigenvalue weighted by atomic mass is 9.69. The topological polar surface area (TPSA) is 17.8 Å². The first-order chi connectivity index (χ1) is 25.3. The van der Waals surface area contributed by atoms with Gasteiger partial charge in [0.05, 0.1) is 16.4 Å². The number of para-hydroxylation sites is 2. The maximum absolute atomic E-state index is 5.10. The van der Waals surface area contributed by atoms with E-state index in [1.807, 2.05) is 0 Å². The zero-order valence-electron chi connectivity index (χ0n) is 28.4. The Hall–Kier alpha value is -6.25. The Morgan fingerprint density at radius 3 is 1.84 bits per heavy atom. The van der Waals surface area contributed by atoms with E-state index in [9.17, 15) is 0 Å². The average molecular weight is 651 g/mol. The van der Waals surface area contributed by atoms with Gasteiger partial charge in [0.15, 0.2) is 0 Å². The van der Waals surface area contributed by atoms with Crippen LogP contribution in [0.1, 0.15) is 35.6 Å². The number of hydrogen-bond donors (Lipinski definition) is 0. The van der Waals surface area contributed by atoms with E-state index < -0.39 is 5.41 Å². The molecule has 0 N–H and O–H groups in total. The second kappa shape index (κ2) is 10.6. The largest absolute Gasteiger partial charge is 0.324 e. The third-order valence-corrected chi connectivity index (χ3v) is 11.5. The van der Waals surface area contributed by atoms with Crippen LogP contribution in [0.3, 0.4) is 0 Å². The maximum atomic E-state index is 5.10. The Balaban J connectivity index is 1.20. The number of aryl methyl sites for hydroxylation is 1. The first kappa shape index (κ1) is 28.6. The molecule has 0 saturated carbocycles. The summed E-state index contributed by atoms with van der Waals surface area (Å²) in [5.41, 5.74) is 16.3. The van der Waals surface area contributed by atoms with Crippen LogP contribution in [0.15, 0.2) is 164 Å². The van der Waals surface area contributed by atoms with Crippen molar-refractivity contribution in [2.75, 3.05) is 0 Å². The van der Waals surface area contributed by atoms with Crippen LogP contribution in [0.4, 0.5) is 0 Å². The number of imidazole rings is 1.